The molecule has 4 aromatic rings. The second kappa shape index (κ2) is 9.53. The molecule has 0 saturated heterocycles. The summed E-state index contributed by atoms with van der Waals surface area (Å²) in [4.78, 5) is 25.3. The van der Waals surface area contributed by atoms with Gasteiger partial charge >= 0.3 is 0 Å². The molecule has 0 saturated carbocycles. The van der Waals surface area contributed by atoms with Crippen molar-refractivity contribution >= 4 is 67.8 Å². The van der Waals surface area contributed by atoms with E-state index in [1.165, 1.54) is 11.3 Å². The molecule has 0 atom stereocenters. The standard InChI is InChI=1S/C24H17Cl2N3O2S/c1-14(28-29-24(31)22-21(26)19-4-2-3-5-20(19)32-22)15-8-12-18(13-9-15)27-23(30)16-6-10-17(25)11-7-16/h2-13H,1H3,(H,27,30)(H,29,31). The summed E-state index contributed by atoms with van der Waals surface area (Å²) in [5, 5.41) is 8.87. The minimum atomic E-state index is -0.359. The lowest BCUT2D eigenvalue weighted by molar-refractivity contribution is 0.0958. The van der Waals surface area contributed by atoms with Crippen LogP contribution in [0, 0.1) is 0 Å². The molecule has 4 rings (SSSR count). The van der Waals surface area contributed by atoms with Crippen LogP contribution in [0.3, 0.4) is 0 Å². The van der Waals surface area contributed by atoms with Crippen LogP contribution in [0.1, 0.15) is 32.5 Å². The fraction of sp³-hybridized carbons (Fsp3) is 0.0417. The van der Waals surface area contributed by atoms with Gasteiger partial charge in [0.25, 0.3) is 11.8 Å². The van der Waals surface area contributed by atoms with Crippen LogP contribution in [-0.2, 0) is 0 Å². The van der Waals surface area contributed by atoms with E-state index >= 15 is 0 Å². The van der Waals surface area contributed by atoms with Crippen molar-refractivity contribution in [3.05, 3.63) is 98.8 Å². The molecule has 0 aliphatic rings. The normalized spacial score (nSPS) is 11.4. The molecule has 3 aromatic carbocycles. The third-order valence-corrected chi connectivity index (χ3v) is 6.66. The summed E-state index contributed by atoms with van der Waals surface area (Å²) >= 11 is 13.5. The van der Waals surface area contributed by atoms with E-state index in [0.29, 0.717) is 31.9 Å². The van der Waals surface area contributed by atoms with Crippen molar-refractivity contribution in [1.29, 1.82) is 0 Å². The van der Waals surface area contributed by atoms with Gasteiger partial charge in [-0.05, 0) is 55.0 Å². The van der Waals surface area contributed by atoms with Crippen LogP contribution in [0.2, 0.25) is 10.0 Å². The monoisotopic (exact) mass is 481 g/mol. The van der Waals surface area contributed by atoms with Gasteiger partial charge in [0.15, 0.2) is 0 Å². The number of anilines is 1. The minimum absolute atomic E-state index is 0.229. The van der Waals surface area contributed by atoms with Gasteiger partial charge in [-0.15, -0.1) is 11.3 Å². The fourth-order valence-corrected chi connectivity index (χ4v) is 4.54. The Kier molecular flexibility index (Phi) is 6.55. The van der Waals surface area contributed by atoms with E-state index in [1.807, 2.05) is 36.4 Å². The molecule has 0 aliphatic heterocycles. The van der Waals surface area contributed by atoms with Crippen LogP contribution in [0.5, 0.6) is 0 Å². The smallest absolute Gasteiger partial charge is 0.283 e. The minimum Gasteiger partial charge on any atom is -0.322 e. The van der Waals surface area contributed by atoms with Gasteiger partial charge in [-0.2, -0.15) is 5.10 Å². The Balaban J connectivity index is 1.42. The number of benzene rings is 3. The van der Waals surface area contributed by atoms with Crippen LogP contribution in [-0.4, -0.2) is 17.5 Å². The van der Waals surface area contributed by atoms with Crippen LogP contribution in [0.15, 0.2) is 77.9 Å². The molecule has 0 fully saturated rings. The molecule has 0 bridgehead atoms. The van der Waals surface area contributed by atoms with Gasteiger partial charge in [-0.25, -0.2) is 5.43 Å². The van der Waals surface area contributed by atoms with E-state index in [0.717, 1.165) is 15.6 Å². The molecule has 32 heavy (non-hydrogen) atoms. The van der Waals surface area contributed by atoms with Crippen molar-refractivity contribution in [2.24, 2.45) is 5.10 Å². The van der Waals surface area contributed by atoms with Gasteiger partial charge in [0, 0.05) is 26.4 Å². The van der Waals surface area contributed by atoms with Crippen molar-refractivity contribution in [2.45, 2.75) is 6.92 Å². The van der Waals surface area contributed by atoms with Crippen molar-refractivity contribution in [1.82, 2.24) is 5.43 Å². The van der Waals surface area contributed by atoms with E-state index in [9.17, 15) is 9.59 Å². The van der Waals surface area contributed by atoms with Crippen molar-refractivity contribution in [3.63, 3.8) is 0 Å². The van der Waals surface area contributed by atoms with E-state index in [1.54, 1.807) is 43.3 Å². The Morgan fingerprint density at radius 2 is 1.50 bits per heavy atom. The van der Waals surface area contributed by atoms with E-state index in [4.69, 9.17) is 23.2 Å². The molecular formula is C24H17Cl2N3O2S. The largest absolute Gasteiger partial charge is 0.322 e. The summed E-state index contributed by atoms with van der Waals surface area (Å²) in [6, 6.07) is 21.4. The summed E-state index contributed by atoms with van der Waals surface area (Å²) in [7, 11) is 0. The summed E-state index contributed by atoms with van der Waals surface area (Å²) in [5.41, 5.74) is 5.14. The fourth-order valence-electron chi connectivity index (χ4n) is 3.01. The molecule has 0 aliphatic carbocycles. The number of nitrogens with one attached hydrogen (secondary N) is 2. The molecule has 8 heteroatoms. The maximum atomic E-state index is 12.6. The molecule has 1 aromatic heterocycles. The van der Waals surface area contributed by atoms with Crippen LogP contribution in [0.4, 0.5) is 5.69 Å². The molecule has 0 unspecified atom stereocenters. The molecule has 2 N–H and O–H groups in total. The molecule has 0 radical (unpaired) electrons. The van der Waals surface area contributed by atoms with E-state index < -0.39 is 0 Å². The zero-order chi connectivity index (χ0) is 22.7. The van der Waals surface area contributed by atoms with Gasteiger partial charge < -0.3 is 5.32 Å². The molecule has 1 heterocycles. The highest BCUT2D eigenvalue weighted by Gasteiger charge is 2.16. The number of carbonyl (C=O) groups is 2. The number of carbonyl (C=O) groups excluding carboxylic acids is 2. The lowest BCUT2D eigenvalue weighted by Crippen LogP contribution is -2.18. The van der Waals surface area contributed by atoms with Gasteiger partial charge in [-0.3, -0.25) is 9.59 Å². The first kappa shape index (κ1) is 22.0. The second-order valence-electron chi connectivity index (χ2n) is 6.92. The highest BCUT2D eigenvalue weighted by molar-refractivity contribution is 7.21. The number of hydrogen-bond donors (Lipinski definition) is 2. The van der Waals surface area contributed by atoms with Gasteiger partial charge in [-0.1, -0.05) is 53.5 Å². The summed E-state index contributed by atoms with van der Waals surface area (Å²) in [5.74, 6) is -0.588. The number of rotatable bonds is 5. The molecule has 160 valence electrons. The number of fused-ring (bicyclic) bond motifs is 1. The number of nitrogens with zero attached hydrogens (tertiary/aromatic N) is 1. The number of halogens is 2. The Bertz CT molecular complexity index is 1330. The van der Waals surface area contributed by atoms with Crippen LogP contribution in [0.25, 0.3) is 10.1 Å². The molecule has 2 amide bonds. The zero-order valence-electron chi connectivity index (χ0n) is 16.9. The van der Waals surface area contributed by atoms with E-state index in [-0.39, 0.29) is 11.8 Å². The average molecular weight is 482 g/mol. The first-order valence-electron chi connectivity index (χ1n) is 9.61. The molecular weight excluding hydrogens is 465 g/mol. The van der Waals surface area contributed by atoms with Crippen LogP contribution < -0.4 is 10.7 Å². The summed E-state index contributed by atoms with van der Waals surface area (Å²) in [6.07, 6.45) is 0. The zero-order valence-corrected chi connectivity index (χ0v) is 19.2. The summed E-state index contributed by atoms with van der Waals surface area (Å²) in [6.45, 7) is 1.79. The number of hydrogen-bond acceptors (Lipinski definition) is 4. The maximum Gasteiger partial charge on any atom is 0.283 e. The molecule has 5 nitrogen and oxygen atoms in total. The van der Waals surface area contributed by atoms with Crippen molar-refractivity contribution in [3.8, 4) is 0 Å². The maximum absolute atomic E-state index is 12.6. The van der Waals surface area contributed by atoms with Crippen molar-refractivity contribution in [2.75, 3.05) is 5.32 Å². The second-order valence-corrected chi connectivity index (χ2v) is 8.78. The Labute approximate surface area is 198 Å². The Morgan fingerprint density at radius 1 is 0.844 bits per heavy atom. The number of amides is 2. The third-order valence-electron chi connectivity index (χ3n) is 4.73. The Hall–Kier alpha value is -3.19. The average Bonchev–Trinajstić information content (AvgIpc) is 3.15. The highest BCUT2D eigenvalue weighted by atomic mass is 35.5. The number of hydrazone groups is 1. The van der Waals surface area contributed by atoms with Crippen molar-refractivity contribution < 1.29 is 9.59 Å². The van der Waals surface area contributed by atoms with Gasteiger partial charge in [0.2, 0.25) is 0 Å². The topological polar surface area (TPSA) is 70.6 Å². The van der Waals surface area contributed by atoms with E-state index in [2.05, 4.69) is 15.8 Å². The SMILES string of the molecule is CC(=NNC(=O)c1sc2ccccc2c1Cl)c1ccc(NC(=O)c2ccc(Cl)cc2)cc1. The first-order valence-corrected chi connectivity index (χ1v) is 11.2. The lowest BCUT2D eigenvalue weighted by atomic mass is 10.1. The lowest BCUT2D eigenvalue weighted by Gasteiger charge is -2.07. The van der Waals surface area contributed by atoms with Gasteiger partial charge in [0.1, 0.15) is 4.88 Å². The van der Waals surface area contributed by atoms with Gasteiger partial charge in [0.05, 0.1) is 10.7 Å². The predicted octanol–water partition coefficient (Wildman–Crippen LogP) is 6.61. The quantitative estimate of drug-likeness (QED) is 0.248. The molecule has 0 spiro atoms. The number of thiophene rings is 1. The summed E-state index contributed by atoms with van der Waals surface area (Å²) < 4.78 is 0.944. The first-order chi connectivity index (χ1) is 15.4. The predicted molar refractivity (Wildman–Crippen MR) is 132 cm³/mol. The third kappa shape index (κ3) is 4.83. The van der Waals surface area contributed by atoms with Crippen LogP contribution >= 0.6 is 34.5 Å². The Morgan fingerprint density at radius 3 is 2.19 bits per heavy atom. The highest BCUT2D eigenvalue weighted by Crippen LogP contribution is 2.34.